The summed E-state index contributed by atoms with van der Waals surface area (Å²) in [6.07, 6.45) is 0. The third kappa shape index (κ3) is 4.48. The van der Waals surface area contributed by atoms with Crippen molar-refractivity contribution in [2.45, 2.75) is 0 Å². The van der Waals surface area contributed by atoms with Crippen molar-refractivity contribution in [3.63, 3.8) is 0 Å². The molecule has 0 bridgehead atoms. The summed E-state index contributed by atoms with van der Waals surface area (Å²) in [4.78, 5) is 0. The molecule has 0 aliphatic heterocycles. The zero-order valence-corrected chi connectivity index (χ0v) is 30.6. The summed E-state index contributed by atoms with van der Waals surface area (Å²) < 4.78 is 0. The zero-order chi connectivity index (χ0) is 36.7. The van der Waals surface area contributed by atoms with Crippen LogP contribution >= 0.6 is 0 Å². The Bertz CT molecular complexity index is 3530. The first kappa shape index (κ1) is 31.1. The lowest BCUT2D eigenvalue weighted by molar-refractivity contribution is 1.64. The summed E-state index contributed by atoms with van der Waals surface area (Å²) in [5, 5.41) is 20.5. The second-order valence-electron chi connectivity index (χ2n) is 15.1. The molecule has 0 amide bonds. The van der Waals surface area contributed by atoms with E-state index in [4.69, 9.17) is 0 Å². The first-order valence-electron chi connectivity index (χ1n) is 19.5. The molecule has 0 fully saturated rings. The summed E-state index contributed by atoms with van der Waals surface area (Å²) in [7, 11) is 0. The van der Waals surface area contributed by atoms with E-state index >= 15 is 0 Å². The summed E-state index contributed by atoms with van der Waals surface area (Å²) >= 11 is 0. The molecule has 0 atom stereocenters. The van der Waals surface area contributed by atoms with Crippen LogP contribution in [0.2, 0.25) is 0 Å². The van der Waals surface area contributed by atoms with Gasteiger partial charge in [0.25, 0.3) is 0 Å². The van der Waals surface area contributed by atoms with Gasteiger partial charge in [0, 0.05) is 0 Å². The van der Waals surface area contributed by atoms with Crippen molar-refractivity contribution < 1.29 is 0 Å². The maximum absolute atomic E-state index is 2.49. The highest BCUT2D eigenvalue weighted by Crippen LogP contribution is 2.49. The van der Waals surface area contributed by atoms with E-state index in [9.17, 15) is 0 Å². The van der Waals surface area contributed by atoms with Gasteiger partial charge in [-0.05, 0) is 138 Å². The molecule has 0 saturated carbocycles. The Labute approximate surface area is 324 Å². The molecule has 0 aliphatic carbocycles. The molecule has 0 aliphatic rings. The predicted octanol–water partition coefficient (Wildman–Crippen LogP) is 15.9. The minimum absolute atomic E-state index is 1.22. The van der Waals surface area contributed by atoms with Crippen molar-refractivity contribution in [2.75, 3.05) is 0 Å². The van der Waals surface area contributed by atoms with Gasteiger partial charge in [-0.15, -0.1) is 0 Å². The van der Waals surface area contributed by atoms with Crippen LogP contribution in [0.1, 0.15) is 0 Å². The lowest BCUT2D eigenvalue weighted by Crippen LogP contribution is -1.93. The maximum Gasteiger partial charge on any atom is -0.00199 e. The monoisotopic (exact) mass is 706 g/mol. The number of fused-ring (bicyclic) bond motifs is 13. The minimum atomic E-state index is 1.22. The highest BCUT2D eigenvalue weighted by Gasteiger charge is 2.21. The molecule has 12 aromatic carbocycles. The van der Waals surface area contributed by atoms with Gasteiger partial charge in [0.2, 0.25) is 0 Å². The predicted molar refractivity (Wildman–Crippen MR) is 243 cm³/mol. The van der Waals surface area contributed by atoms with Crippen molar-refractivity contribution in [3.05, 3.63) is 206 Å². The summed E-state index contributed by atoms with van der Waals surface area (Å²) in [5.41, 5.74) is 7.53. The van der Waals surface area contributed by atoms with E-state index < -0.39 is 0 Å². The van der Waals surface area contributed by atoms with Gasteiger partial charge in [0.05, 0.1) is 0 Å². The quantitative estimate of drug-likeness (QED) is 0.127. The van der Waals surface area contributed by atoms with E-state index in [2.05, 4.69) is 206 Å². The minimum Gasteiger partial charge on any atom is -0.0616 e. The van der Waals surface area contributed by atoms with Gasteiger partial charge < -0.3 is 0 Å². The second-order valence-corrected chi connectivity index (χ2v) is 15.1. The highest BCUT2D eigenvalue weighted by molar-refractivity contribution is 6.34. The van der Waals surface area contributed by atoms with Gasteiger partial charge in [-0.3, -0.25) is 0 Å². The molecule has 0 heteroatoms. The van der Waals surface area contributed by atoms with Crippen LogP contribution in [0.3, 0.4) is 0 Å². The van der Waals surface area contributed by atoms with Crippen LogP contribution in [0.15, 0.2) is 206 Å². The lowest BCUT2D eigenvalue weighted by atomic mass is 9.82. The third-order valence-electron chi connectivity index (χ3n) is 12.2. The Hall–Kier alpha value is -7.28. The van der Waals surface area contributed by atoms with Gasteiger partial charge in [0.15, 0.2) is 0 Å². The molecule has 0 aromatic heterocycles. The summed E-state index contributed by atoms with van der Waals surface area (Å²) in [5.74, 6) is 0. The second kappa shape index (κ2) is 12.1. The molecular weight excluding hydrogens is 673 g/mol. The van der Waals surface area contributed by atoms with Gasteiger partial charge in [-0.25, -0.2) is 0 Å². The zero-order valence-electron chi connectivity index (χ0n) is 30.6. The number of hydrogen-bond donors (Lipinski definition) is 0. The Morgan fingerprint density at radius 2 is 0.589 bits per heavy atom. The Kier molecular flexibility index (Phi) is 6.73. The van der Waals surface area contributed by atoms with Gasteiger partial charge >= 0.3 is 0 Å². The van der Waals surface area contributed by atoms with Crippen LogP contribution in [0.25, 0.3) is 120 Å². The van der Waals surface area contributed by atoms with E-state index in [1.54, 1.807) is 0 Å². The third-order valence-corrected chi connectivity index (χ3v) is 12.2. The lowest BCUT2D eigenvalue weighted by Gasteiger charge is -2.21. The van der Waals surface area contributed by atoms with E-state index in [-0.39, 0.29) is 0 Å². The van der Waals surface area contributed by atoms with Crippen molar-refractivity contribution in [2.24, 2.45) is 0 Å². The molecule has 0 nitrogen and oxygen atoms in total. The van der Waals surface area contributed by atoms with Gasteiger partial charge in [-0.2, -0.15) is 0 Å². The number of rotatable bonds is 3. The Morgan fingerprint density at radius 1 is 0.196 bits per heavy atom. The standard InChI is InChI=1S/C56H34/c1-2-19-38-36(16-1)33-51(42-23-5-3-20-39(38)42)35-17-15-18-37(32-35)54-47-28-11-13-30-49(47)56(50-31-14-12-29-48(50)54)53-34-52-43-24-6-4-21-40(43)41-22-7-9-26-45(41)55(52)46-27-10-8-25-44(46)53/h1-34H. The van der Waals surface area contributed by atoms with Crippen molar-refractivity contribution >= 4 is 86.2 Å². The molecular formula is C56H34. The van der Waals surface area contributed by atoms with Gasteiger partial charge in [0.1, 0.15) is 0 Å². The fourth-order valence-electron chi connectivity index (χ4n) is 9.84. The normalized spacial score (nSPS) is 11.9. The Balaban J connectivity index is 1.17. The van der Waals surface area contributed by atoms with Crippen molar-refractivity contribution in [1.29, 1.82) is 0 Å². The summed E-state index contributed by atoms with van der Waals surface area (Å²) in [6, 6.07) is 76.6. The SMILES string of the molecule is c1cc(-c2c3ccccc3c(-c3cc4c5ccccc5c5ccccc5c4c4ccccc34)c3ccccc23)cc(-c2cc3ccccc3c3ccccc23)c1. The molecule has 258 valence electrons. The van der Waals surface area contributed by atoms with Crippen LogP contribution < -0.4 is 0 Å². The van der Waals surface area contributed by atoms with Crippen LogP contribution in [0, 0.1) is 0 Å². The molecule has 0 N–H and O–H groups in total. The molecule has 0 heterocycles. The number of benzene rings is 12. The average molecular weight is 707 g/mol. The molecule has 12 rings (SSSR count). The maximum atomic E-state index is 2.49. The van der Waals surface area contributed by atoms with E-state index in [1.165, 1.54) is 120 Å². The molecule has 0 unspecified atom stereocenters. The first-order valence-corrected chi connectivity index (χ1v) is 19.5. The van der Waals surface area contributed by atoms with E-state index in [0.717, 1.165) is 0 Å². The fraction of sp³-hybridized carbons (Fsp3) is 0. The highest BCUT2D eigenvalue weighted by atomic mass is 14.2. The fourth-order valence-corrected chi connectivity index (χ4v) is 9.84. The molecule has 56 heavy (non-hydrogen) atoms. The molecule has 0 saturated heterocycles. The van der Waals surface area contributed by atoms with Crippen molar-refractivity contribution in [3.8, 4) is 33.4 Å². The van der Waals surface area contributed by atoms with Crippen LogP contribution in [0.4, 0.5) is 0 Å². The average Bonchev–Trinajstić information content (AvgIpc) is 3.27. The summed E-state index contributed by atoms with van der Waals surface area (Å²) in [6.45, 7) is 0. The Morgan fingerprint density at radius 3 is 1.20 bits per heavy atom. The first-order chi connectivity index (χ1) is 27.8. The van der Waals surface area contributed by atoms with E-state index in [1.807, 2.05) is 0 Å². The van der Waals surface area contributed by atoms with Crippen molar-refractivity contribution in [1.82, 2.24) is 0 Å². The van der Waals surface area contributed by atoms with E-state index in [0.29, 0.717) is 0 Å². The van der Waals surface area contributed by atoms with Crippen LogP contribution in [0.5, 0.6) is 0 Å². The smallest absolute Gasteiger partial charge is 0.00199 e. The molecule has 0 spiro atoms. The topological polar surface area (TPSA) is 0 Å². The molecule has 0 radical (unpaired) electrons. The largest absolute Gasteiger partial charge is 0.0616 e. The van der Waals surface area contributed by atoms with Crippen LogP contribution in [-0.4, -0.2) is 0 Å². The van der Waals surface area contributed by atoms with Gasteiger partial charge in [-0.1, -0.05) is 188 Å². The number of hydrogen-bond acceptors (Lipinski definition) is 0. The van der Waals surface area contributed by atoms with Crippen LogP contribution in [-0.2, 0) is 0 Å². The molecule has 12 aromatic rings.